The van der Waals surface area contributed by atoms with Gasteiger partial charge >= 0.3 is 0 Å². The molecule has 1 fully saturated rings. The van der Waals surface area contributed by atoms with Crippen molar-refractivity contribution < 1.29 is 9.13 Å². The third-order valence-electron chi connectivity index (χ3n) is 5.20. The number of hydrogen-bond acceptors (Lipinski definition) is 1. The van der Waals surface area contributed by atoms with Crippen molar-refractivity contribution >= 4 is 0 Å². The summed E-state index contributed by atoms with van der Waals surface area (Å²) >= 11 is 0. The molecule has 1 aromatic rings. The maximum Gasteiger partial charge on any atom is 0.142 e. The predicted octanol–water partition coefficient (Wildman–Crippen LogP) is 6.91. The Balaban J connectivity index is 1.80. The molecule has 26 heavy (non-hydrogen) atoms. The topological polar surface area (TPSA) is 9.23 Å². The van der Waals surface area contributed by atoms with E-state index in [0.717, 1.165) is 25.2 Å². The third kappa shape index (κ3) is 7.24. The van der Waals surface area contributed by atoms with Crippen LogP contribution < -0.4 is 4.74 Å². The minimum Gasteiger partial charge on any atom is -0.493 e. The molecule has 0 amide bonds. The summed E-state index contributed by atoms with van der Waals surface area (Å²) in [5.41, 5.74) is 0.433. The average Bonchev–Trinajstić information content (AvgIpc) is 2.65. The van der Waals surface area contributed by atoms with Gasteiger partial charge in [0.25, 0.3) is 0 Å². The Kier molecular flexibility index (Phi) is 9.32. The monoisotopic (exact) mass is 356 g/mol. The minimum atomic E-state index is -0.307. The highest BCUT2D eigenvalue weighted by Gasteiger charge is 2.18. The van der Waals surface area contributed by atoms with E-state index in [2.05, 4.69) is 31.8 Å². The van der Waals surface area contributed by atoms with Gasteiger partial charge in [-0.15, -0.1) is 0 Å². The zero-order valence-electron chi connectivity index (χ0n) is 16.4. The molecule has 2 heteroatoms. The van der Waals surface area contributed by atoms with Gasteiger partial charge < -0.3 is 4.74 Å². The highest BCUT2D eigenvalue weighted by atomic mass is 19.1. The number of ether oxygens (including phenoxy) is 1. The zero-order valence-corrected chi connectivity index (χ0v) is 16.4. The molecular formula is C24H33FO. The smallest absolute Gasteiger partial charge is 0.142 e. The average molecular weight is 357 g/mol. The van der Waals surface area contributed by atoms with E-state index in [4.69, 9.17) is 4.74 Å². The summed E-state index contributed by atoms with van der Waals surface area (Å²) in [5, 5.41) is 0. The SMILES string of the molecule is CCCCCOc1ccc(C#CC=C[C@H]2CC[C@H](CCC)CC2)c(F)c1. The quantitative estimate of drug-likeness (QED) is 0.363. The van der Waals surface area contributed by atoms with Crippen LogP contribution in [0.25, 0.3) is 0 Å². The van der Waals surface area contributed by atoms with E-state index < -0.39 is 0 Å². The summed E-state index contributed by atoms with van der Waals surface area (Å²) in [7, 11) is 0. The summed E-state index contributed by atoms with van der Waals surface area (Å²) in [4.78, 5) is 0. The zero-order chi connectivity index (χ0) is 18.6. The Hall–Kier alpha value is -1.75. The van der Waals surface area contributed by atoms with Crippen molar-refractivity contribution in [2.75, 3.05) is 6.61 Å². The van der Waals surface area contributed by atoms with Crippen LogP contribution in [0.3, 0.4) is 0 Å². The van der Waals surface area contributed by atoms with Gasteiger partial charge in [0.2, 0.25) is 0 Å². The van der Waals surface area contributed by atoms with Crippen molar-refractivity contribution in [1.82, 2.24) is 0 Å². The molecule has 1 aliphatic rings. The lowest BCUT2D eigenvalue weighted by atomic mass is 9.80. The Labute approximate surface area is 159 Å². The van der Waals surface area contributed by atoms with E-state index in [1.54, 1.807) is 12.1 Å². The number of rotatable bonds is 8. The van der Waals surface area contributed by atoms with Crippen LogP contribution in [0.4, 0.5) is 4.39 Å². The van der Waals surface area contributed by atoms with Gasteiger partial charge in [-0.05, 0) is 62.1 Å². The van der Waals surface area contributed by atoms with Gasteiger partial charge in [-0.3, -0.25) is 0 Å². The number of benzene rings is 1. The van der Waals surface area contributed by atoms with Crippen LogP contribution >= 0.6 is 0 Å². The number of halogens is 1. The molecule has 0 aliphatic heterocycles. The molecule has 0 bridgehead atoms. The van der Waals surface area contributed by atoms with Gasteiger partial charge in [-0.1, -0.05) is 57.4 Å². The van der Waals surface area contributed by atoms with Crippen LogP contribution in [0.2, 0.25) is 0 Å². The van der Waals surface area contributed by atoms with Gasteiger partial charge in [0.05, 0.1) is 12.2 Å². The van der Waals surface area contributed by atoms with Gasteiger partial charge in [-0.2, -0.15) is 0 Å². The van der Waals surface area contributed by atoms with Crippen molar-refractivity contribution in [3.63, 3.8) is 0 Å². The Morgan fingerprint density at radius 2 is 1.92 bits per heavy atom. The molecule has 0 saturated heterocycles. The first-order valence-corrected chi connectivity index (χ1v) is 10.3. The first-order valence-electron chi connectivity index (χ1n) is 10.3. The highest BCUT2D eigenvalue weighted by molar-refractivity contribution is 5.41. The van der Waals surface area contributed by atoms with Crippen molar-refractivity contribution in [1.29, 1.82) is 0 Å². The van der Waals surface area contributed by atoms with Gasteiger partial charge in [0, 0.05) is 6.07 Å². The Morgan fingerprint density at radius 1 is 1.12 bits per heavy atom. The number of hydrogen-bond donors (Lipinski definition) is 0. The van der Waals surface area contributed by atoms with Crippen LogP contribution in [0, 0.1) is 29.5 Å². The summed E-state index contributed by atoms with van der Waals surface area (Å²) in [6, 6.07) is 4.95. The minimum absolute atomic E-state index is 0.307. The molecule has 0 aromatic heterocycles. The van der Waals surface area contributed by atoms with E-state index in [9.17, 15) is 4.39 Å². The fourth-order valence-electron chi connectivity index (χ4n) is 3.61. The molecule has 1 aromatic carbocycles. The van der Waals surface area contributed by atoms with Gasteiger partial charge in [0.1, 0.15) is 11.6 Å². The standard InChI is InChI=1S/C24H33FO/c1-3-5-8-18-26-23-17-16-22(24(25)19-23)11-7-6-10-21-14-12-20(9-4-2)13-15-21/h6,10,16-17,19-21H,3-5,8-9,12-15,18H2,1-2H3/t20-,21-. The predicted molar refractivity (Wildman–Crippen MR) is 108 cm³/mol. The lowest BCUT2D eigenvalue weighted by Gasteiger charge is -2.26. The molecule has 1 nitrogen and oxygen atoms in total. The van der Waals surface area contributed by atoms with Gasteiger partial charge in [0.15, 0.2) is 0 Å². The third-order valence-corrected chi connectivity index (χ3v) is 5.20. The van der Waals surface area contributed by atoms with E-state index >= 15 is 0 Å². The molecular weight excluding hydrogens is 323 g/mol. The summed E-state index contributed by atoms with van der Waals surface area (Å²) in [6.07, 6.45) is 15.3. The maximum absolute atomic E-state index is 14.1. The fourth-order valence-corrected chi connectivity index (χ4v) is 3.61. The number of allylic oxidation sites excluding steroid dienone is 2. The Morgan fingerprint density at radius 3 is 2.62 bits per heavy atom. The molecule has 142 valence electrons. The molecule has 1 saturated carbocycles. The highest BCUT2D eigenvalue weighted by Crippen LogP contribution is 2.32. The maximum atomic E-state index is 14.1. The summed E-state index contributed by atoms with van der Waals surface area (Å²) in [5.74, 6) is 7.76. The van der Waals surface area contributed by atoms with E-state index in [-0.39, 0.29) is 5.82 Å². The molecule has 0 spiro atoms. The van der Waals surface area contributed by atoms with E-state index in [1.807, 2.05) is 6.08 Å². The molecule has 0 heterocycles. The molecule has 0 unspecified atom stereocenters. The second-order valence-electron chi connectivity index (χ2n) is 7.40. The summed E-state index contributed by atoms with van der Waals surface area (Å²) < 4.78 is 19.7. The van der Waals surface area contributed by atoms with Crippen LogP contribution in [0.5, 0.6) is 5.75 Å². The van der Waals surface area contributed by atoms with Crippen LogP contribution in [0.1, 0.15) is 77.2 Å². The normalized spacial score (nSPS) is 20.0. The van der Waals surface area contributed by atoms with E-state index in [0.29, 0.717) is 23.8 Å². The van der Waals surface area contributed by atoms with Crippen molar-refractivity contribution in [3.8, 4) is 17.6 Å². The largest absolute Gasteiger partial charge is 0.493 e. The van der Waals surface area contributed by atoms with Crippen LogP contribution in [-0.2, 0) is 0 Å². The summed E-state index contributed by atoms with van der Waals surface area (Å²) in [6.45, 7) is 5.06. The second kappa shape index (κ2) is 11.8. The van der Waals surface area contributed by atoms with Crippen molar-refractivity contribution in [2.24, 2.45) is 11.8 Å². The van der Waals surface area contributed by atoms with Crippen LogP contribution in [-0.4, -0.2) is 6.61 Å². The second-order valence-corrected chi connectivity index (χ2v) is 7.40. The lowest BCUT2D eigenvalue weighted by molar-refractivity contribution is 0.294. The Bertz CT molecular complexity index is 615. The molecule has 1 aliphatic carbocycles. The molecule has 0 atom stereocenters. The fraction of sp³-hybridized carbons (Fsp3) is 0.583. The van der Waals surface area contributed by atoms with Gasteiger partial charge in [-0.25, -0.2) is 4.39 Å². The molecule has 0 radical (unpaired) electrons. The lowest BCUT2D eigenvalue weighted by Crippen LogP contribution is -2.12. The van der Waals surface area contributed by atoms with E-state index in [1.165, 1.54) is 44.6 Å². The molecule has 0 N–H and O–H groups in total. The number of unbranched alkanes of at least 4 members (excludes halogenated alkanes) is 2. The first-order chi connectivity index (χ1) is 12.7. The van der Waals surface area contributed by atoms with Crippen molar-refractivity contribution in [3.05, 3.63) is 41.7 Å². The van der Waals surface area contributed by atoms with Crippen molar-refractivity contribution in [2.45, 2.75) is 71.6 Å². The van der Waals surface area contributed by atoms with Crippen LogP contribution in [0.15, 0.2) is 30.4 Å². The first kappa shape index (κ1) is 20.6. The molecule has 2 rings (SSSR count).